The number of rotatable bonds is 5. The SMILES string of the molecule is CCN1CCCC[C@@H]1CNc1cccc(C(=O)NC)n1. The lowest BCUT2D eigenvalue weighted by Crippen LogP contribution is -2.43. The molecule has 0 unspecified atom stereocenters. The Hall–Kier alpha value is -1.62. The molecule has 1 aromatic rings. The van der Waals surface area contributed by atoms with Crippen LogP contribution >= 0.6 is 0 Å². The molecule has 20 heavy (non-hydrogen) atoms. The van der Waals surface area contributed by atoms with Gasteiger partial charge < -0.3 is 10.6 Å². The summed E-state index contributed by atoms with van der Waals surface area (Å²) in [5, 5.41) is 5.96. The van der Waals surface area contributed by atoms with Crippen LogP contribution < -0.4 is 10.6 Å². The number of likely N-dealkylation sites (N-methyl/N-ethyl adjacent to an activating group) is 1. The van der Waals surface area contributed by atoms with Gasteiger partial charge in [0.25, 0.3) is 5.91 Å². The zero-order valence-electron chi connectivity index (χ0n) is 12.4. The number of anilines is 1. The summed E-state index contributed by atoms with van der Waals surface area (Å²) < 4.78 is 0. The van der Waals surface area contributed by atoms with Crippen molar-refractivity contribution in [1.82, 2.24) is 15.2 Å². The number of nitrogens with one attached hydrogen (secondary N) is 2. The van der Waals surface area contributed by atoms with Gasteiger partial charge in [0.05, 0.1) is 0 Å². The third kappa shape index (κ3) is 3.70. The van der Waals surface area contributed by atoms with Gasteiger partial charge >= 0.3 is 0 Å². The normalized spacial score (nSPS) is 19.6. The van der Waals surface area contributed by atoms with Crippen molar-refractivity contribution in [2.24, 2.45) is 0 Å². The molecule has 0 radical (unpaired) electrons. The molecule has 0 bridgehead atoms. The first-order chi connectivity index (χ1) is 9.74. The Balaban J connectivity index is 1.94. The van der Waals surface area contributed by atoms with Gasteiger partial charge in [0, 0.05) is 19.6 Å². The zero-order chi connectivity index (χ0) is 14.4. The van der Waals surface area contributed by atoms with Crippen LogP contribution in [0.5, 0.6) is 0 Å². The number of aromatic nitrogens is 1. The standard InChI is InChI=1S/C15H24N4O/c1-3-19-10-5-4-7-12(19)11-17-14-9-6-8-13(18-14)15(20)16-2/h6,8-9,12H,3-5,7,10-11H2,1-2H3,(H,16,20)(H,17,18)/t12-/m1/s1. The third-order valence-electron chi connectivity index (χ3n) is 3.88. The van der Waals surface area contributed by atoms with Crippen molar-refractivity contribution in [3.8, 4) is 0 Å². The predicted octanol–water partition coefficient (Wildman–Crippen LogP) is 1.73. The van der Waals surface area contributed by atoms with E-state index in [-0.39, 0.29) is 5.91 Å². The van der Waals surface area contributed by atoms with Crippen molar-refractivity contribution >= 4 is 11.7 Å². The second kappa shape index (κ2) is 7.24. The summed E-state index contributed by atoms with van der Waals surface area (Å²) >= 11 is 0. The molecule has 2 N–H and O–H groups in total. The number of piperidine rings is 1. The smallest absolute Gasteiger partial charge is 0.269 e. The first-order valence-corrected chi connectivity index (χ1v) is 7.41. The van der Waals surface area contributed by atoms with Gasteiger partial charge in [-0.15, -0.1) is 0 Å². The van der Waals surface area contributed by atoms with E-state index in [1.165, 1.54) is 25.8 Å². The number of carbonyl (C=O) groups excluding carboxylic acids is 1. The summed E-state index contributed by atoms with van der Waals surface area (Å²) in [5.74, 6) is 0.620. The number of carbonyl (C=O) groups is 1. The Morgan fingerprint density at radius 3 is 3.05 bits per heavy atom. The van der Waals surface area contributed by atoms with Crippen LogP contribution in [0.1, 0.15) is 36.7 Å². The van der Waals surface area contributed by atoms with Gasteiger partial charge in [-0.05, 0) is 38.1 Å². The maximum Gasteiger partial charge on any atom is 0.269 e. The summed E-state index contributed by atoms with van der Waals surface area (Å²) in [7, 11) is 1.62. The van der Waals surface area contributed by atoms with E-state index < -0.39 is 0 Å². The lowest BCUT2D eigenvalue weighted by molar-refractivity contribution is 0.0958. The number of pyridine rings is 1. The average Bonchev–Trinajstić information content (AvgIpc) is 2.52. The lowest BCUT2D eigenvalue weighted by Gasteiger charge is -2.35. The molecule has 1 aliphatic rings. The number of hydrogen-bond acceptors (Lipinski definition) is 4. The Bertz CT molecular complexity index is 449. The minimum Gasteiger partial charge on any atom is -0.368 e. The molecule has 110 valence electrons. The molecule has 0 aliphatic carbocycles. The molecular formula is C15H24N4O. The predicted molar refractivity (Wildman–Crippen MR) is 81.0 cm³/mol. The topological polar surface area (TPSA) is 57.3 Å². The molecule has 0 spiro atoms. The highest BCUT2D eigenvalue weighted by molar-refractivity contribution is 5.92. The van der Waals surface area contributed by atoms with Gasteiger partial charge in [0.1, 0.15) is 11.5 Å². The van der Waals surface area contributed by atoms with Crippen LogP contribution in [-0.2, 0) is 0 Å². The molecule has 2 rings (SSSR count). The number of hydrogen-bond donors (Lipinski definition) is 2. The molecule has 1 atom stereocenters. The van der Waals surface area contributed by atoms with E-state index in [0.717, 1.165) is 18.9 Å². The van der Waals surface area contributed by atoms with E-state index in [4.69, 9.17) is 0 Å². The van der Waals surface area contributed by atoms with Crippen LogP contribution in [0.3, 0.4) is 0 Å². The van der Waals surface area contributed by atoms with Crippen LogP contribution in [-0.4, -0.2) is 48.5 Å². The molecular weight excluding hydrogens is 252 g/mol. The Labute approximate surface area is 120 Å². The molecule has 0 aromatic carbocycles. The van der Waals surface area contributed by atoms with Gasteiger partial charge in [0.15, 0.2) is 0 Å². The fraction of sp³-hybridized carbons (Fsp3) is 0.600. The van der Waals surface area contributed by atoms with Gasteiger partial charge in [0.2, 0.25) is 0 Å². The molecule has 1 aliphatic heterocycles. The lowest BCUT2D eigenvalue weighted by atomic mass is 10.0. The van der Waals surface area contributed by atoms with E-state index in [2.05, 4.69) is 27.4 Å². The van der Waals surface area contributed by atoms with Crippen molar-refractivity contribution in [1.29, 1.82) is 0 Å². The molecule has 1 amide bonds. The van der Waals surface area contributed by atoms with Gasteiger partial charge in [-0.3, -0.25) is 9.69 Å². The minimum atomic E-state index is -0.151. The maximum absolute atomic E-state index is 11.6. The van der Waals surface area contributed by atoms with Crippen LogP contribution in [0.2, 0.25) is 0 Å². The summed E-state index contributed by atoms with van der Waals surface area (Å²) in [4.78, 5) is 18.4. The van der Waals surface area contributed by atoms with E-state index in [1.807, 2.05) is 12.1 Å². The van der Waals surface area contributed by atoms with Crippen LogP contribution in [0, 0.1) is 0 Å². The third-order valence-corrected chi connectivity index (χ3v) is 3.88. The number of amides is 1. The van der Waals surface area contributed by atoms with E-state index in [0.29, 0.717) is 11.7 Å². The summed E-state index contributed by atoms with van der Waals surface area (Å²) in [6.07, 6.45) is 3.83. The fourth-order valence-corrected chi connectivity index (χ4v) is 2.72. The second-order valence-electron chi connectivity index (χ2n) is 5.15. The van der Waals surface area contributed by atoms with E-state index >= 15 is 0 Å². The van der Waals surface area contributed by atoms with Crippen LogP contribution in [0.25, 0.3) is 0 Å². The van der Waals surface area contributed by atoms with Gasteiger partial charge in [-0.1, -0.05) is 19.4 Å². The first-order valence-electron chi connectivity index (χ1n) is 7.41. The molecule has 2 heterocycles. The van der Waals surface area contributed by atoms with Gasteiger partial charge in [-0.25, -0.2) is 4.98 Å². The highest BCUT2D eigenvalue weighted by Crippen LogP contribution is 2.17. The fourth-order valence-electron chi connectivity index (χ4n) is 2.72. The Morgan fingerprint density at radius 1 is 1.45 bits per heavy atom. The Kier molecular flexibility index (Phi) is 5.35. The number of nitrogens with zero attached hydrogens (tertiary/aromatic N) is 2. The molecule has 1 saturated heterocycles. The van der Waals surface area contributed by atoms with E-state index in [9.17, 15) is 4.79 Å². The highest BCUT2D eigenvalue weighted by atomic mass is 16.1. The van der Waals surface area contributed by atoms with Crippen LogP contribution in [0.4, 0.5) is 5.82 Å². The molecule has 5 heteroatoms. The molecule has 5 nitrogen and oxygen atoms in total. The zero-order valence-corrected chi connectivity index (χ0v) is 12.4. The quantitative estimate of drug-likeness (QED) is 0.860. The summed E-state index contributed by atoms with van der Waals surface area (Å²) in [6.45, 7) is 5.38. The average molecular weight is 276 g/mol. The second-order valence-corrected chi connectivity index (χ2v) is 5.15. The maximum atomic E-state index is 11.6. The monoisotopic (exact) mass is 276 g/mol. The Morgan fingerprint density at radius 2 is 2.30 bits per heavy atom. The summed E-state index contributed by atoms with van der Waals surface area (Å²) in [6, 6.07) is 6.06. The van der Waals surface area contributed by atoms with Gasteiger partial charge in [-0.2, -0.15) is 0 Å². The van der Waals surface area contributed by atoms with Crippen molar-refractivity contribution in [2.45, 2.75) is 32.2 Å². The number of likely N-dealkylation sites (tertiary alicyclic amines) is 1. The summed E-state index contributed by atoms with van der Waals surface area (Å²) in [5.41, 5.74) is 0.452. The van der Waals surface area contributed by atoms with E-state index in [1.54, 1.807) is 13.1 Å². The van der Waals surface area contributed by atoms with Crippen molar-refractivity contribution in [3.05, 3.63) is 23.9 Å². The first kappa shape index (κ1) is 14.8. The molecule has 0 saturated carbocycles. The van der Waals surface area contributed by atoms with Crippen molar-refractivity contribution in [3.63, 3.8) is 0 Å². The van der Waals surface area contributed by atoms with Crippen LogP contribution in [0.15, 0.2) is 18.2 Å². The largest absolute Gasteiger partial charge is 0.368 e. The van der Waals surface area contributed by atoms with Crippen molar-refractivity contribution < 1.29 is 4.79 Å². The molecule has 1 fully saturated rings. The minimum absolute atomic E-state index is 0.151. The molecule has 1 aromatic heterocycles. The highest BCUT2D eigenvalue weighted by Gasteiger charge is 2.20. The van der Waals surface area contributed by atoms with Crippen molar-refractivity contribution in [2.75, 3.05) is 32.0 Å².